The highest BCUT2D eigenvalue weighted by Gasteiger charge is 2.54. The maximum atomic E-state index is 14.6. The molecule has 0 bridgehead atoms. The lowest BCUT2D eigenvalue weighted by atomic mass is 9.78. The number of amides is 2. The van der Waals surface area contributed by atoms with Gasteiger partial charge in [0.05, 0.1) is 65.3 Å². The van der Waals surface area contributed by atoms with Gasteiger partial charge in [-0.25, -0.2) is 0 Å². The number of nitrogens with one attached hydrogen (secondary N) is 3. The molecule has 3 saturated heterocycles. The van der Waals surface area contributed by atoms with Crippen molar-refractivity contribution in [2.45, 2.75) is 205 Å². The monoisotopic (exact) mass is 1030 g/mol. The van der Waals surface area contributed by atoms with Crippen LogP contribution >= 0.6 is 0 Å². The molecule has 0 aliphatic carbocycles. The first-order valence-electron chi connectivity index (χ1n) is 25.0. The van der Waals surface area contributed by atoms with Crippen LogP contribution < -0.4 is 16.0 Å². The van der Waals surface area contributed by atoms with Crippen molar-refractivity contribution in [2.24, 2.45) is 17.8 Å². The lowest BCUT2D eigenvalue weighted by Gasteiger charge is -2.50. The van der Waals surface area contributed by atoms with E-state index >= 15 is 0 Å². The quantitative estimate of drug-likeness (QED) is 0.0788. The lowest BCUT2D eigenvalue weighted by Crippen LogP contribution is -2.61. The molecule has 0 unspecified atom stereocenters. The van der Waals surface area contributed by atoms with Crippen LogP contribution in [0.3, 0.4) is 0 Å². The van der Waals surface area contributed by atoms with Crippen LogP contribution in [0.1, 0.15) is 108 Å². The summed E-state index contributed by atoms with van der Waals surface area (Å²) in [6.45, 7) is 18.5. The Hall–Kier alpha value is -3.94. The molecule has 0 aromatic heterocycles. The molecule has 22 heteroatoms. The summed E-state index contributed by atoms with van der Waals surface area (Å²) in [6.07, 6.45) is -10.0. The molecule has 19 atom stereocenters. The predicted molar refractivity (Wildman–Crippen MR) is 262 cm³/mol. The minimum atomic E-state index is -2.07. The van der Waals surface area contributed by atoms with Gasteiger partial charge in [-0.1, -0.05) is 20.8 Å². The number of anilines is 1. The first kappa shape index (κ1) is 60.6. The molecule has 3 aliphatic rings. The van der Waals surface area contributed by atoms with Gasteiger partial charge in [0, 0.05) is 63.0 Å². The highest BCUT2D eigenvalue weighted by Crippen LogP contribution is 2.41. The van der Waals surface area contributed by atoms with Crippen LogP contribution in [0.4, 0.5) is 11.4 Å². The van der Waals surface area contributed by atoms with Crippen molar-refractivity contribution >= 4 is 35.1 Å². The van der Waals surface area contributed by atoms with Gasteiger partial charge >= 0.3 is 11.9 Å². The normalized spacial score (nSPS) is 38.9. The summed E-state index contributed by atoms with van der Waals surface area (Å²) in [4.78, 5) is 66.9. The van der Waals surface area contributed by atoms with E-state index in [1.165, 1.54) is 52.3 Å². The van der Waals surface area contributed by atoms with Crippen LogP contribution in [-0.2, 0) is 57.1 Å². The number of non-ortho nitro benzene ring substituents is 1. The zero-order chi connectivity index (χ0) is 54.2. The van der Waals surface area contributed by atoms with Gasteiger partial charge in [0.15, 0.2) is 18.7 Å². The number of hydrogen-bond acceptors (Lipinski definition) is 19. The van der Waals surface area contributed by atoms with Gasteiger partial charge in [-0.3, -0.25) is 29.3 Å². The zero-order valence-electron chi connectivity index (χ0n) is 44.7. The molecular formula is C50H83N5O17. The van der Waals surface area contributed by atoms with Crippen molar-refractivity contribution in [3.63, 3.8) is 0 Å². The highest BCUT2D eigenvalue weighted by molar-refractivity contribution is 5.94. The molecule has 4 rings (SSSR count). The minimum Gasteiger partial charge on any atom is -0.459 e. The largest absolute Gasteiger partial charge is 0.459 e. The van der Waals surface area contributed by atoms with Gasteiger partial charge in [0.2, 0.25) is 11.8 Å². The summed E-state index contributed by atoms with van der Waals surface area (Å²) in [5, 5.41) is 54.7. The third kappa shape index (κ3) is 14.7. The number of cyclic esters (lactones) is 1. The van der Waals surface area contributed by atoms with Crippen molar-refractivity contribution in [1.82, 2.24) is 15.5 Å². The topological polar surface area (TPSA) is 285 Å². The van der Waals surface area contributed by atoms with E-state index in [0.29, 0.717) is 12.1 Å². The fraction of sp³-hybridized carbons (Fsp3) is 0.800. The fourth-order valence-corrected chi connectivity index (χ4v) is 10.3. The second kappa shape index (κ2) is 25.5. The average Bonchev–Trinajstić information content (AvgIpc) is 3.32. The number of esters is 2. The molecule has 0 radical (unpaired) electrons. The van der Waals surface area contributed by atoms with Crippen LogP contribution in [0, 0.1) is 27.9 Å². The van der Waals surface area contributed by atoms with E-state index in [2.05, 4.69) is 16.0 Å². The lowest BCUT2D eigenvalue weighted by molar-refractivity contribution is -0.384. The van der Waals surface area contributed by atoms with Crippen molar-refractivity contribution < 1.29 is 77.3 Å². The molecule has 0 saturated carbocycles. The fourth-order valence-electron chi connectivity index (χ4n) is 10.3. The molecule has 410 valence electrons. The summed E-state index contributed by atoms with van der Waals surface area (Å²) in [5.41, 5.74) is -4.32. The Labute approximate surface area is 423 Å². The van der Waals surface area contributed by atoms with E-state index in [9.17, 15) is 44.6 Å². The predicted octanol–water partition coefficient (Wildman–Crippen LogP) is 3.21. The maximum Gasteiger partial charge on any atom is 0.311 e. The minimum absolute atomic E-state index is 0.00609. The molecule has 72 heavy (non-hydrogen) atoms. The summed E-state index contributed by atoms with van der Waals surface area (Å²) < 4.78 is 51.0. The summed E-state index contributed by atoms with van der Waals surface area (Å²) in [5.74, 6) is -5.47. The summed E-state index contributed by atoms with van der Waals surface area (Å²) >= 11 is 0. The SMILES string of the molecule is CC[C@H]1OC(=O)[C@H](C)[C@@H](O[C@H]2C[C@@](C)(OC)[C@@H](OC(=O)CCN[C@@H](C)C(=O)Nc3ccc([N+](=O)[O-])cc3)[C@H](C)O2)[C@H](C)[C@@H](O[C@@H]2O[C@H](C)C[C@H](N(C)C)[C@H]2O)[C@](C)(OC)C[C@@H](C)NC(=O)[C@H](C)[C@@H](O)[C@]1(C)O. The number of carbonyl (C=O) groups is 4. The number of nitro benzene ring substituents is 1. The first-order valence-corrected chi connectivity index (χ1v) is 25.0. The number of benzene rings is 1. The van der Waals surface area contributed by atoms with Crippen molar-refractivity contribution in [1.29, 1.82) is 0 Å². The van der Waals surface area contributed by atoms with E-state index in [1.54, 1.807) is 55.4 Å². The number of nitrogens with zero attached hydrogens (tertiary/aromatic N) is 2. The van der Waals surface area contributed by atoms with Crippen molar-refractivity contribution in [3.05, 3.63) is 34.4 Å². The van der Waals surface area contributed by atoms with Gasteiger partial charge in [0.25, 0.3) is 5.69 Å². The number of nitro groups is 1. The van der Waals surface area contributed by atoms with Crippen LogP contribution in [-0.4, -0.2) is 180 Å². The smallest absolute Gasteiger partial charge is 0.311 e. The molecule has 22 nitrogen and oxygen atoms in total. The van der Waals surface area contributed by atoms with E-state index in [0.717, 1.165) is 0 Å². The standard InChI is InChI=1S/C50H83N5O17/c1-16-36-50(11,62)41(58)30(6)44(59)52-26(2)24-48(9,65-14)42(72-47-39(57)35(54(12)13)23-27(3)67-47)28(4)40(29(5)46(61)69-36)71-38-25-49(10,66-15)43(32(8)68-38)70-37(56)21-22-51-31(7)45(60)53-33-17-19-34(20-18-33)55(63)64/h17-20,26-32,35-36,38-43,47,51,57-58,62H,16,21-25H2,1-15H3,(H,52,59)(H,53,60)/t26-,27-,28+,29-,30-,31+,32+,35+,36-,38+,39-,40+,41-,42-,43+,47+,48-,49-,50-/m1/s1. The molecule has 3 heterocycles. The molecule has 3 fully saturated rings. The van der Waals surface area contributed by atoms with Crippen LogP contribution in [0.2, 0.25) is 0 Å². The second-order valence-electron chi connectivity index (χ2n) is 20.9. The molecule has 3 aliphatic heterocycles. The highest BCUT2D eigenvalue weighted by atomic mass is 16.7. The summed E-state index contributed by atoms with van der Waals surface area (Å²) in [7, 11) is 6.67. The van der Waals surface area contributed by atoms with Gasteiger partial charge in [-0.15, -0.1) is 0 Å². The van der Waals surface area contributed by atoms with E-state index in [1.807, 2.05) is 25.9 Å². The van der Waals surface area contributed by atoms with Gasteiger partial charge in [-0.2, -0.15) is 0 Å². The van der Waals surface area contributed by atoms with Crippen LogP contribution in [0.5, 0.6) is 0 Å². The Morgan fingerprint density at radius 1 is 0.944 bits per heavy atom. The Morgan fingerprint density at radius 2 is 1.56 bits per heavy atom. The van der Waals surface area contributed by atoms with Crippen molar-refractivity contribution in [3.8, 4) is 0 Å². The molecule has 1 aromatic carbocycles. The van der Waals surface area contributed by atoms with Gasteiger partial charge in [-0.05, 0) is 101 Å². The Kier molecular flexibility index (Phi) is 21.5. The first-order chi connectivity index (χ1) is 33.5. The molecule has 1 aromatic rings. The van der Waals surface area contributed by atoms with Gasteiger partial charge in [0.1, 0.15) is 23.4 Å². The molecule has 0 spiro atoms. The number of ether oxygens (including phenoxy) is 8. The van der Waals surface area contributed by atoms with E-state index in [4.69, 9.17) is 37.9 Å². The Bertz CT molecular complexity index is 1980. The molecule has 6 N–H and O–H groups in total. The van der Waals surface area contributed by atoms with E-state index in [-0.39, 0.29) is 50.1 Å². The maximum absolute atomic E-state index is 14.6. The number of methoxy groups -OCH3 is 2. The van der Waals surface area contributed by atoms with Crippen LogP contribution in [0.25, 0.3) is 0 Å². The molecule has 2 amide bonds. The number of likely N-dealkylation sites (N-methyl/N-ethyl adjacent to an activating group) is 1. The number of aliphatic hydroxyl groups excluding tert-OH is 2. The second-order valence-corrected chi connectivity index (χ2v) is 20.9. The Morgan fingerprint density at radius 3 is 2.12 bits per heavy atom. The zero-order valence-corrected chi connectivity index (χ0v) is 44.7. The van der Waals surface area contributed by atoms with Gasteiger partial charge < -0.3 is 74.1 Å². The number of hydrogen-bond donors (Lipinski definition) is 6. The third-order valence-corrected chi connectivity index (χ3v) is 14.9. The van der Waals surface area contributed by atoms with E-state index < -0.39 is 131 Å². The molecular weight excluding hydrogens is 943 g/mol. The third-order valence-electron chi connectivity index (χ3n) is 14.9. The summed E-state index contributed by atoms with van der Waals surface area (Å²) in [6, 6.07) is 3.70. The Balaban J connectivity index is 1.65. The van der Waals surface area contributed by atoms with Crippen molar-refractivity contribution in [2.75, 3.05) is 40.2 Å². The number of aliphatic hydroxyl groups is 3. The number of rotatable bonds is 16. The number of carbonyl (C=O) groups excluding carboxylic acids is 4. The average molecular weight is 1030 g/mol. The van der Waals surface area contributed by atoms with Crippen LogP contribution in [0.15, 0.2) is 24.3 Å².